The SMILES string of the molecule is Cc1cc(-c2cc(F)c3nnc([C@@H](C)c4ccc5ncc(O)cc5c4)n3c2)on1. The Morgan fingerprint density at radius 1 is 1.14 bits per heavy atom. The monoisotopic (exact) mass is 389 g/mol. The molecule has 5 rings (SSSR count). The van der Waals surface area contributed by atoms with Gasteiger partial charge >= 0.3 is 0 Å². The summed E-state index contributed by atoms with van der Waals surface area (Å²) in [6.07, 6.45) is 3.16. The molecule has 0 amide bonds. The van der Waals surface area contributed by atoms with Gasteiger partial charge in [-0.25, -0.2) is 4.39 Å². The van der Waals surface area contributed by atoms with Crippen molar-refractivity contribution in [1.29, 1.82) is 0 Å². The van der Waals surface area contributed by atoms with Gasteiger partial charge in [0.05, 0.1) is 17.4 Å². The Kier molecular flexibility index (Phi) is 3.80. The van der Waals surface area contributed by atoms with E-state index in [0.29, 0.717) is 22.8 Å². The highest BCUT2D eigenvalue weighted by atomic mass is 19.1. The molecule has 1 N–H and O–H groups in total. The van der Waals surface area contributed by atoms with Crippen molar-refractivity contribution in [2.24, 2.45) is 0 Å². The highest BCUT2D eigenvalue weighted by Crippen LogP contribution is 2.29. The maximum Gasteiger partial charge on any atom is 0.196 e. The molecule has 4 heterocycles. The first kappa shape index (κ1) is 17.3. The average molecular weight is 389 g/mol. The zero-order chi connectivity index (χ0) is 20.1. The average Bonchev–Trinajstić information content (AvgIpc) is 3.33. The lowest BCUT2D eigenvalue weighted by Gasteiger charge is -2.12. The van der Waals surface area contributed by atoms with Crippen LogP contribution in [0.2, 0.25) is 0 Å². The van der Waals surface area contributed by atoms with Crippen LogP contribution < -0.4 is 0 Å². The van der Waals surface area contributed by atoms with Gasteiger partial charge in [0, 0.05) is 29.1 Å². The summed E-state index contributed by atoms with van der Waals surface area (Å²) in [7, 11) is 0. The van der Waals surface area contributed by atoms with Crippen molar-refractivity contribution in [1.82, 2.24) is 24.7 Å². The minimum Gasteiger partial charge on any atom is -0.506 e. The Hall–Kier alpha value is -3.81. The molecule has 1 aromatic carbocycles. The lowest BCUT2D eigenvalue weighted by atomic mass is 9.98. The van der Waals surface area contributed by atoms with Crippen LogP contribution in [0.5, 0.6) is 5.75 Å². The summed E-state index contributed by atoms with van der Waals surface area (Å²) < 4.78 is 21.6. The second kappa shape index (κ2) is 6.37. The third-order valence-electron chi connectivity index (χ3n) is 4.98. The molecule has 0 saturated heterocycles. The first-order chi connectivity index (χ1) is 14.0. The van der Waals surface area contributed by atoms with Crippen LogP contribution in [0, 0.1) is 12.7 Å². The predicted molar refractivity (Wildman–Crippen MR) is 104 cm³/mol. The van der Waals surface area contributed by atoms with Gasteiger partial charge < -0.3 is 9.63 Å². The summed E-state index contributed by atoms with van der Waals surface area (Å²) in [4.78, 5) is 4.20. The summed E-state index contributed by atoms with van der Waals surface area (Å²) in [6, 6.07) is 10.5. The molecule has 0 spiro atoms. The Balaban J connectivity index is 1.63. The molecule has 8 heteroatoms. The summed E-state index contributed by atoms with van der Waals surface area (Å²) in [5.41, 5.74) is 3.13. The van der Waals surface area contributed by atoms with Crippen LogP contribution in [-0.4, -0.2) is 29.8 Å². The van der Waals surface area contributed by atoms with E-state index in [0.717, 1.165) is 16.5 Å². The molecule has 0 unspecified atom stereocenters. The lowest BCUT2D eigenvalue weighted by molar-refractivity contribution is 0.426. The Bertz CT molecular complexity index is 1370. The molecule has 0 aliphatic heterocycles. The zero-order valence-electron chi connectivity index (χ0n) is 15.7. The first-order valence-electron chi connectivity index (χ1n) is 9.06. The normalized spacial score (nSPS) is 12.7. The fourth-order valence-corrected chi connectivity index (χ4v) is 3.46. The van der Waals surface area contributed by atoms with E-state index in [1.165, 1.54) is 12.3 Å². The highest BCUT2D eigenvalue weighted by molar-refractivity contribution is 5.80. The number of aromatic nitrogens is 5. The maximum absolute atomic E-state index is 14.6. The Morgan fingerprint density at radius 3 is 2.79 bits per heavy atom. The Labute approximate surface area is 164 Å². The van der Waals surface area contributed by atoms with Crippen LogP contribution in [-0.2, 0) is 0 Å². The van der Waals surface area contributed by atoms with Crippen molar-refractivity contribution in [2.75, 3.05) is 0 Å². The lowest BCUT2D eigenvalue weighted by Crippen LogP contribution is -2.03. The number of fused-ring (bicyclic) bond motifs is 2. The molecular weight excluding hydrogens is 373 g/mol. The molecule has 0 fully saturated rings. The minimum absolute atomic E-state index is 0.101. The molecule has 4 aromatic heterocycles. The molecular formula is C21H16FN5O2. The van der Waals surface area contributed by atoms with E-state index in [2.05, 4.69) is 20.3 Å². The van der Waals surface area contributed by atoms with Crippen LogP contribution in [0.3, 0.4) is 0 Å². The number of aromatic hydroxyl groups is 1. The molecule has 29 heavy (non-hydrogen) atoms. The third kappa shape index (κ3) is 2.89. The maximum atomic E-state index is 14.6. The smallest absolute Gasteiger partial charge is 0.196 e. The summed E-state index contributed by atoms with van der Waals surface area (Å²) in [5, 5.41) is 22.6. The van der Waals surface area contributed by atoms with E-state index in [9.17, 15) is 9.50 Å². The zero-order valence-corrected chi connectivity index (χ0v) is 15.7. The Morgan fingerprint density at radius 2 is 2.00 bits per heavy atom. The molecule has 7 nitrogen and oxygen atoms in total. The molecule has 1 atom stereocenters. The summed E-state index contributed by atoms with van der Waals surface area (Å²) in [6.45, 7) is 3.78. The van der Waals surface area contributed by atoms with Crippen molar-refractivity contribution in [3.8, 4) is 17.1 Å². The second-order valence-electron chi connectivity index (χ2n) is 7.03. The first-order valence-corrected chi connectivity index (χ1v) is 9.06. The molecule has 144 valence electrons. The van der Waals surface area contributed by atoms with Gasteiger partial charge in [0.1, 0.15) is 11.6 Å². The van der Waals surface area contributed by atoms with Gasteiger partial charge in [0.15, 0.2) is 17.2 Å². The van der Waals surface area contributed by atoms with Gasteiger partial charge in [0.25, 0.3) is 0 Å². The van der Waals surface area contributed by atoms with Crippen LogP contribution in [0.4, 0.5) is 4.39 Å². The largest absolute Gasteiger partial charge is 0.506 e. The summed E-state index contributed by atoms with van der Waals surface area (Å²) >= 11 is 0. The fourth-order valence-electron chi connectivity index (χ4n) is 3.46. The van der Waals surface area contributed by atoms with Crippen LogP contribution in [0.25, 0.3) is 27.9 Å². The molecule has 0 radical (unpaired) electrons. The van der Waals surface area contributed by atoms with Gasteiger partial charge in [-0.1, -0.05) is 18.1 Å². The van der Waals surface area contributed by atoms with Gasteiger partial charge in [-0.15, -0.1) is 10.2 Å². The van der Waals surface area contributed by atoms with E-state index >= 15 is 0 Å². The molecule has 0 bridgehead atoms. The van der Waals surface area contributed by atoms with Gasteiger partial charge in [-0.05, 0) is 36.8 Å². The minimum atomic E-state index is -0.491. The fraction of sp³-hybridized carbons (Fsp3) is 0.143. The van der Waals surface area contributed by atoms with Gasteiger partial charge in [0.2, 0.25) is 0 Å². The van der Waals surface area contributed by atoms with Gasteiger partial charge in [-0.3, -0.25) is 9.38 Å². The van der Waals surface area contributed by atoms with Crippen LogP contribution in [0.1, 0.15) is 29.9 Å². The van der Waals surface area contributed by atoms with E-state index in [-0.39, 0.29) is 17.3 Å². The van der Waals surface area contributed by atoms with Crippen molar-refractivity contribution in [3.63, 3.8) is 0 Å². The molecule has 0 aliphatic carbocycles. The van der Waals surface area contributed by atoms with E-state index < -0.39 is 5.82 Å². The summed E-state index contributed by atoms with van der Waals surface area (Å²) in [5.74, 6) is 0.495. The van der Waals surface area contributed by atoms with Crippen molar-refractivity contribution in [2.45, 2.75) is 19.8 Å². The number of aryl methyl sites for hydroxylation is 1. The van der Waals surface area contributed by atoms with E-state index in [1.54, 1.807) is 29.7 Å². The number of nitrogens with zero attached hydrogens (tertiary/aromatic N) is 5. The highest BCUT2D eigenvalue weighted by Gasteiger charge is 2.20. The van der Waals surface area contributed by atoms with Crippen molar-refractivity contribution < 1.29 is 14.0 Å². The van der Waals surface area contributed by atoms with Crippen LogP contribution in [0.15, 0.2) is 53.3 Å². The third-order valence-corrected chi connectivity index (χ3v) is 4.98. The number of rotatable bonds is 3. The van der Waals surface area contributed by atoms with E-state index in [1.807, 2.05) is 25.1 Å². The molecule has 5 aromatic rings. The molecule has 0 saturated carbocycles. The van der Waals surface area contributed by atoms with Gasteiger partial charge in [-0.2, -0.15) is 0 Å². The number of hydrogen-bond acceptors (Lipinski definition) is 6. The topological polar surface area (TPSA) is 89.3 Å². The number of pyridine rings is 2. The molecule has 0 aliphatic rings. The number of hydrogen-bond donors (Lipinski definition) is 1. The van der Waals surface area contributed by atoms with Crippen molar-refractivity contribution >= 4 is 16.6 Å². The number of benzene rings is 1. The second-order valence-corrected chi connectivity index (χ2v) is 7.03. The van der Waals surface area contributed by atoms with Crippen LogP contribution >= 0.6 is 0 Å². The standard InChI is InChI=1S/C21H16FN5O2/c1-11-5-19(29-26-11)15-8-17(22)21-25-24-20(27(21)10-15)12(2)13-3-4-18-14(6-13)7-16(28)9-23-18/h3-10,12,28H,1-2H3/t12-/m0/s1. The van der Waals surface area contributed by atoms with Crippen molar-refractivity contribution in [3.05, 3.63) is 71.7 Å². The quantitative estimate of drug-likeness (QED) is 0.496. The predicted octanol–water partition coefficient (Wildman–Crippen LogP) is 4.24. The number of halogens is 1. The van der Waals surface area contributed by atoms with E-state index in [4.69, 9.17) is 4.52 Å².